The summed E-state index contributed by atoms with van der Waals surface area (Å²) in [7, 11) is 0. The number of aliphatic hydroxyl groups excluding tert-OH is 1. The summed E-state index contributed by atoms with van der Waals surface area (Å²) >= 11 is 0. The molecule has 2 aromatic rings. The second-order valence-electron chi connectivity index (χ2n) is 4.04. The van der Waals surface area contributed by atoms with Crippen LogP contribution >= 0.6 is 0 Å². The van der Waals surface area contributed by atoms with Gasteiger partial charge in [0.05, 0.1) is 12.1 Å². The summed E-state index contributed by atoms with van der Waals surface area (Å²) in [6, 6.07) is 3.60. The Morgan fingerprint density at radius 2 is 2.18 bits per heavy atom. The number of hydrogen-bond acceptors (Lipinski definition) is 6. The zero-order valence-corrected chi connectivity index (χ0v) is 9.08. The minimum atomic E-state index is -0.337. The topological polar surface area (TPSA) is 84.1 Å². The molecule has 0 aromatic carbocycles. The van der Waals surface area contributed by atoms with Crippen LogP contribution in [-0.2, 0) is 0 Å². The molecule has 17 heavy (non-hydrogen) atoms. The number of hydrogen-bond donors (Lipinski definition) is 2. The van der Waals surface area contributed by atoms with E-state index in [0.717, 1.165) is 5.56 Å². The summed E-state index contributed by atoms with van der Waals surface area (Å²) in [6.45, 7) is 0.567. The van der Waals surface area contributed by atoms with Crippen LogP contribution in [-0.4, -0.2) is 32.9 Å². The normalized spacial score (nSPS) is 24.1. The monoisotopic (exact) mass is 232 g/mol. The van der Waals surface area contributed by atoms with Gasteiger partial charge in [0, 0.05) is 24.5 Å². The van der Waals surface area contributed by atoms with Gasteiger partial charge in [0.1, 0.15) is 0 Å². The number of nitrogens with zero attached hydrogens (tertiary/aromatic N) is 3. The lowest BCUT2D eigenvalue weighted by Gasteiger charge is -2.01. The first-order valence-corrected chi connectivity index (χ1v) is 5.48. The fourth-order valence-electron chi connectivity index (χ4n) is 1.90. The molecule has 0 aliphatic carbocycles. The van der Waals surface area contributed by atoms with Crippen LogP contribution in [0.15, 0.2) is 29.0 Å². The highest BCUT2D eigenvalue weighted by atomic mass is 16.5. The number of pyridine rings is 1. The van der Waals surface area contributed by atoms with Gasteiger partial charge in [-0.2, -0.15) is 4.98 Å². The number of aromatic nitrogens is 3. The Hall–Kier alpha value is -1.79. The molecule has 2 atom stereocenters. The molecule has 3 heterocycles. The molecule has 0 radical (unpaired) electrons. The van der Waals surface area contributed by atoms with Gasteiger partial charge in [-0.25, -0.2) is 0 Å². The number of nitrogens with one attached hydrogen (secondary N) is 1. The first kappa shape index (κ1) is 10.4. The Kier molecular flexibility index (Phi) is 2.58. The highest BCUT2D eigenvalue weighted by Crippen LogP contribution is 2.24. The van der Waals surface area contributed by atoms with E-state index in [1.165, 1.54) is 0 Å². The smallest absolute Gasteiger partial charge is 0.244 e. The Bertz CT molecular complexity index is 499. The van der Waals surface area contributed by atoms with Crippen LogP contribution in [0.3, 0.4) is 0 Å². The molecule has 6 heteroatoms. The summed E-state index contributed by atoms with van der Waals surface area (Å²) in [4.78, 5) is 8.25. The number of β-amino-alcohol motifs (C(OH)–C–C–N with tert-alkyl or cyclic N) is 1. The summed E-state index contributed by atoms with van der Waals surface area (Å²) in [6.07, 6.45) is 3.64. The molecule has 6 nitrogen and oxygen atoms in total. The summed E-state index contributed by atoms with van der Waals surface area (Å²) in [5.41, 5.74) is 0.869. The molecule has 0 spiro atoms. The Labute approximate surface area is 97.7 Å². The molecule has 0 saturated carbocycles. The van der Waals surface area contributed by atoms with Gasteiger partial charge in [-0.05, 0) is 18.6 Å². The molecule has 0 bridgehead atoms. The van der Waals surface area contributed by atoms with Crippen molar-refractivity contribution < 1.29 is 9.63 Å². The molecule has 88 valence electrons. The molecule has 1 fully saturated rings. The van der Waals surface area contributed by atoms with Crippen LogP contribution in [0.2, 0.25) is 0 Å². The van der Waals surface area contributed by atoms with E-state index in [0.29, 0.717) is 24.7 Å². The average Bonchev–Trinajstić information content (AvgIpc) is 2.98. The van der Waals surface area contributed by atoms with E-state index in [4.69, 9.17) is 4.52 Å². The summed E-state index contributed by atoms with van der Waals surface area (Å²) in [5.74, 6) is 1.07. The van der Waals surface area contributed by atoms with Gasteiger partial charge in [0.25, 0.3) is 0 Å². The molecule has 2 aromatic heterocycles. The lowest BCUT2D eigenvalue weighted by molar-refractivity contribution is 0.191. The maximum Gasteiger partial charge on any atom is 0.244 e. The van der Waals surface area contributed by atoms with Crippen LogP contribution in [0.1, 0.15) is 18.4 Å². The highest BCUT2D eigenvalue weighted by Gasteiger charge is 2.28. The first-order valence-electron chi connectivity index (χ1n) is 5.48. The SMILES string of the molecule is O[C@@H]1CN[C@H](c2nc(-c3ccncc3)no2)C1. The fraction of sp³-hybridized carbons (Fsp3) is 0.364. The van der Waals surface area contributed by atoms with Crippen molar-refractivity contribution in [2.24, 2.45) is 0 Å². The zero-order chi connectivity index (χ0) is 11.7. The van der Waals surface area contributed by atoms with Crippen LogP contribution in [0.25, 0.3) is 11.4 Å². The molecule has 0 unspecified atom stereocenters. The van der Waals surface area contributed by atoms with Gasteiger partial charge >= 0.3 is 0 Å². The van der Waals surface area contributed by atoms with E-state index >= 15 is 0 Å². The third-order valence-corrected chi connectivity index (χ3v) is 2.79. The molecule has 2 N–H and O–H groups in total. The van der Waals surface area contributed by atoms with Crippen molar-refractivity contribution in [3.05, 3.63) is 30.4 Å². The first-order chi connectivity index (χ1) is 8.33. The minimum absolute atomic E-state index is 0.0481. The van der Waals surface area contributed by atoms with Crippen LogP contribution in [0, 0.1) is 0 Å². The third-order valence-electron chi connectivity index (χ3n) is 2.79. The average molecular weight is 232 g/mol. The summed E-state index contributed by atoms with van der Waals surface area (Å²) in [5, 5.41) is 16.5. The van der Waals surface area contributed by atoms with Crippen LogP contribution in [0.4, 0.5) is 0 Å². The Balaban J connectivity index is 1.84. The molecule has 1 aliphatic rings. The molecular formula is C11H12N4O2. The van der Waals surface area contributed by atoms with Crippen molar-refractivity contribution in [1.29, 1.82) is 0 Å². The zero-order valence-electron chi connectivity index (χ0n) is 9.08. The van der Waals surface area contributed by atoms with E-state index < -0.39 is 0 Å². The predicted octanol–water partition coefficient (Wildman–Crippen LogP) is 0.527. The number of aliphatic hydroxyl groups is 1. The van der Waals surface area contributed by atoms with E-state index in [1.807, 2.05) is 12.1 Å². The fourth-order valence-corrected chi connectivity index (χ4v) is 1.90. The van der Waals surface area contributed by atoms with Crippen molar-refractivity contribution in [3.8, 4) is 11.4 Å². The predicted molar refractivity (Wildman–Crippen MR) is 58.9 cm³/mol. The van der Waals surface area contributed by atoms with Gasteiger partial charge in [0.2, 0.25) is 11.7 Å². The van der Waals surface area contributed by atoms with Crippen LogP contribution in [0.5, 0.6) is 0 Å². The second-order valence-corrected chi connectivity index (χ2v) is 4.04. The van der Waals surface area contributed by atoms with Gasteiger partial charge in [0.15, 0.2) is 0 Å². The van der Waals surface area contributed by atoms with E-state index in [1.54, 1.807) is 12.4 Å². The standard InChI is InChI=1S/C11H12N4O2/c16-8-5-9(13-6-8)11-14-10(15-17-11)7-1-3-12-4-2-7/h1-4,8-9,13,16H,5-6H2/t8-,9-/m0/s1. The maximum atomic E-state index is 9.42. The second kappa shape index (κ2) is 4.23. The lowest BCUT2D eigenvalue weighted by Crippen LogP contribution is -2.15. The van der Waals surface area contributed by atoms with E-state index in [9.17, 15) is 5.11 Å². The van der Waals surface area contributed by atoms with Crippen molar-refractivity contribution in [1.82, 2.24) is 20.4 Å². The third kappa shape index (κ3) is 2.04. The van der Waals surface area contributed by atoms with Crippen molar-refractivity contribution in [3.63, 3.8) is 0 Å². The van der Waals surface area contributed by atoms with Gasteiger partial charge < -0.3 is 14.9 Å². The van der Waals surface area contributed by atoms with E-state index in [-0.39, 0.29) is 12.1 Å². The summed E-state index contributed by atoms with van der Waals surface area (Å²) < 4.78 is 5.20. The van der Waals surface area contributed by atoms with Gasteiger partial charge in [-0.3, -0.25) is 4.98 Å². The van der Waals surface area contributed by atoms with Crippen molar-refractivity contribution in [2.75, 3.05) is 6.54 Å². The Morgan fingerprint density at radius 1 is 1.35 bits per heavy atom. The lowest BCUT2D eigenvalue weighted by atomic mass is 10.2. The number of rotatable bonds is 2. The van der Waals surface area contributed by atoms with Gasteiger partial charge in [-0.15, -0.1) is 0 Å². The Morgan fingerprint density at radius 3 is 2.88 bits per heavy atom. The minimum Gasteiger partial charge on any atom is -0.392 e. The van der Waals surface area contributed by atoms with Crippen LogP contribution < -0.4 is 5.32 Å². The maximum absolute atomic E-state index is 9.42. The van der Waals surface area contributed by atoms with Crippen molar-refractivity contribution >= 4 is 0 Å². The molecule has 3 rings (SSSR count). The van der Waals surface area contributed by atoms with Gasteiger partial charge in [-0.1, -0.05) is 5.16 Å². The molecular weight excluding hydrogens is 220 g/mol. The molecule has 0 amide bonds. The quantitative estimate of drug-likeness (QED) is 0.785. The largest absolute Gasteiger partial charge is 0.392 e. The van der Waals surface area contributed by atoms with Crippen molar-refractivity contribution in [2.45, 2.75) is 18.6 Å². The molecule has 1 aliphatic heterocycles. The highest BCUT2D eigenvalue weighted by molar-refractivity contribution is 5.52. The van der Waals surface area contributed by atoms with E-state index in [2.05, 4.69) is 20.4 Å². The molecule has 1 saturated heterocycles.